The van der Waals surface area contributed by atoms with E-state index in [4.69, 9.17) is 9.72 Å². The summed E-state index contributed by atoms with van der Waals surface area (Å²) in [5.41, 5.74) is 1.36. The van der Waals surface area contributed by atoms with Crippen LogP contribution in [0.2, 0.25) is 0 Å². The lowest BCUT2D eigenvalue weighted by molar-refractivity contribution is -0.00172. The van der Waals surface area contributed by atoms with Crippen LogP contribution in [0.25, 0.3) is 0 Å². The summed E-state index contributed by atoms with van der Waals surface area (Å²) in [4.78, 5) is 6.41. The van der Waals surface area contributed by atoms with E-state index in [2.05, 4.69) is 39.9 Å². The molecule has 21 heavy (non-hydrogen) atoms. The Balaban J connectivity index is 2.36. The zero-order valence-corrected chi connectivity index (χ0v) is 15.2. The van der Waals surface area contributed by atoms with E-state index in [0.29, 0.717) is 11.5 Å². The van der Waals surface area contributed by atoms with E-state index in [9.17, 15) is 0 Å². The minimum absolute atomic E-state index is 0.249. The lowest BCUT2D eigenvalue weighted by Gasteiger charge is -2.34. The second-order valence-corrected chi connectivity index (χ2v) is 8.20. The number of hydrogen-bond acceptors (Lipinski definition) is 4. The number of ether oxygens (including phenoxy) is 1. The highest BCUT2D eigenvalue weighted by Crippen LogP contribution is 2.45. The van der Waals surface area contributed by atoms with Crippen molar-refractivity contribution in [1.82, 2.24) is 10.3 Å². The summed E-state index contributed by atoms with van der Waals surface area (Å²) in [5, 5.41) is 4.85. The second kappa shape index (κ2) is 6.35. The standard InChI is InChI=1S/C17H30N2OS/c1-7-9-18-12-10-16(3,4)11-13-14(12)21-15(19-13)17(5,8-2)20-6/h12,18H,7-11H2,1-6H3. The molecule has 0 aliphatic heterocycles. The highest BCUT2D eigenvalue weighted by atomic mass is 32.1. The number of thiazole rings is 1. The lowest BCUT2D eigenvalue weighted by Crippen LogP contribution is -2.33. The summed E-state index contributed by atoms with van der Waals surface area (Å²) in [6, 6.07) is 0.452. The largest absolute Gasteiger partial charge is 0.371 e. The molecule has 2 unspecified atom stereocenters. The highest BCUT2D eigenvalue weighted by molar-refractivity contribution is 7.12. The van der Waals surface area contributed by atoms with Crippen LogP contribution in [0.1, 0.15) is 75.5 Å². The maximum absolute atomic E-state index is 5.75. The molecule has 1 aromatic heterocycles. The Kier molecular flexibility index (Phi) is 5.11. The highest BCUT2D eigenvalue weighted by Gasteiger charge is 2.37. The molecule has 0 bridgehead atoms. The number of hydrogen-bond donors (Lipinski definition) is 1. The number of methoxy groups -OCH3 is 1. The zero-order valence-electron chi connectivity index (χ0n) is 14.4. The van der Waals surface area contributed by atoms with Gasteiger partial charge in [-0.25, -0.2) is 4.98 Å². The second-order valence-electron chi connectivity index (χ2n) is 7.17. The van der Waals surface area contributed by atoms with Gasteiger partial charge in [0.15, 0.2) is 0 Å². The quantitative estimate of drug-likeness (QED) is 0.844. The first-order valence-electron chi connectivity index (χ1n) is 8.14. The molecule has 1 aliphatic rings. The van der Waals surface area contributed by atoms with Gasteiger partial charge in [-0.3, -0.25) is 0 Å². The van der Waals surface area contributed by atoms with E-state index in [1.807, 2.05) is 11.3 Å². The molecule has 2 atom stereocenters. The van der Waals surface area contributed by atoms with Gasteiger partial charge in [0.2, 0.25) is 0 Å². The van der Waals surface area contributed by atoms with Gasteiger partial charge in [0.05, 0.1) is 5.69 Å². The first-order chi connectivity index (χ1) is 9.85. The molecule has 4 heteroatoms. The van der Waals surface area contributed by atoms with Crippen LogP contribution in [0, 0.1) is 5.41 Å². The maximum Gasteiger partial charge on any atom is 0.125 e. The summed E-state index contributed by atoms with van der Waals surface area (Å²) >= 11 is 1.85. The van der Waals surface area contributed by atoms with E-state index in [0.717, 1.165) is 24.4 Å². The minimum Gasteiger partial charge on any atom is -0.371 e. The van der Waals surface area contributed by atoms with Crippen LogP contribution in [0.5, 0.6) is 0 Å². The number of rotatable bonds is 6. The zero-order chi connectivity index (χ0) is 15.7. The molecule has 3 nitrogen and oxygen atoms in total. The number of nitrogens with zero attached hydrogens (tertiary/aromatic N) is 1. The van der Waals surface area contributed by atoms with Crippen LogP contribution in [0.4, 0.5) is 0 Å². The fourth-order valence-corrected chi connectivity index (χ4v) is 4.38. The van der Waals surface area contributed by atoms with Gasteiger partial charge in [0.1, 0.15) is 10.6 Å². The van der Waals surface area contributed by atoms with Gasteiger partial charge < -0.3 is 10.1 Å². The normalized spacial score (nSPS) is 23.6. The van der Waals surface area contributed by atoms with Crippen LogP contribution in [0.15, 0.2) is 0 Å². The molecule has 120 valence electrons. The smallest absolute Gasteiger partial charge is 0.125 e. The van der Waals surface area contributed by atoms with Crippen molar-refractivity contribution >= 4 is 11.3 Å². The van der Waals surface area contributed by atoms with Crippen molar-refractivity contribution in [2.45, 2.75) is 71.9 Å². The SMILES string of the molecule is CCCNC1CC(C)(C)Cc2nc(C(C)(CC)OC)sc21. The van der Waals surface area contributed by atoms with Crippen molar-refractivity contribution in [1.29, 1.82) is 0 Å². The Morgan fingerprint density at radius 2 is 2.14 bits per heavy atom. The van der Waals surface area contributed by atoms with Crippen molar-refractivity contribution < 1.29 is 4.74 Å². The molecule has 1 aliphatic carbocycles. The lowest BCUT2D eigenvalue weighted by atomic mass is 9.76. The van der Waals surface area contributed by atoms with Gasteiger partial charge in [0.25, 0.3) is 0 Å². The minimum atomic E-state index is -0.249. The van der Waals surface area contributed by atoms with E-state index in [1.165, 1.54) is 23.4 Å². The van der Waals surface area contributed by atoms with Crippen molar-refractivity contribution in [2.24, 2.45) is 5.41 Å². The topological polar surface area (TPSA) is 34.2 Å². The van der Waals surface area contributed by atoms with Crippen molar-refractivity contribution in [3.8, 4) is 0 Å². The van der Waals surface area contributed by atoms with Gasteiger partial charge in [-0.15, -0.1) is 11.3 Å². The molecule has 0 saturated heterocycles. The average Bonchev–Trinajstić information content (AvgIpc) is 2.86. The fourth-order valence-electron chi connectivity index (χ4n) is 3.03. The number of aromatic nitrogens is 1. The fraction of sp³-hybridized carbons (Fsp3) is 0.824. The number of nitrogens with one attached hydrogen (secondary N) is 1. The van der Waals surface area contributed by atoms with E-state index in [-0.39, 0.29) is 5.60 Å². The first-order valence-corrected chi connectivity index (χ1v) is 8.95. The van der Waals surface area contributed by atoms with Crippen LogP contribution in [-0.2, 0) is 16.8 Å². The molecule has 0 saturated carbocycles. The Bertz CT molecular complexity index is 477. The van der Waals surface area contributed by atoms with Gasteiger partial charge in [-0.2, -0.15) is 0 Å². The third-order valence-electron chi connectivity index (χ3n) is 4.67. The molecule has 0 spiro atoms. The third-order valence-corrected chi connectivity index (χ3v) is 6.12. The molecule has 1 N–H and O–H groups in total. The summed E-state index contributed by atoms with van der Waals surface area (Å²) in [7, 11) is 1.79. The molecule has 0 aromatic carbocycles. The summed E-state index contributed by atoms with van der Waals surface area (Å²) in [6.45, 7) is 12.3. The molecular formula is C17H30N2OS. The van der Waals surface area contributed by atoms with Gasteiger partial charge >= 0.3 is 0 Å². The van der Waals surface area contributed by atoms with Gasteiger partial charge in [-0.1, -0.05) is 27.7 Å². The van der Waals surface area contributed by atoms with Crippen molar-refractivity contribution in [3.63, 3.8) is 0 Å². The van der Waals surface area contributed by atoms with Crippen LogP contribution >= 0.6 is 11.3 Å². The monoisotopic (exact) mass is 310 g/mol. The molecule has 0 fully saturated rings. The molecule has 0 amide bonds. The van der Waals surface area contributed by atoms with E-state index < -0.39 is 0 Å². The molecule has 2 rings (SSSR count). The van der Waals surface area contributed by atoms with Crippen LogP contribution in [0.3, 0.4) is 0 Å². The predicted molar refractivity (Wildman–Crippen MR) is 89.9 cm³/mol. The molecule has 1 aromatic rings. The van der Waals surface area contributed by atoms with E-state index in [1.54, 1.807) is 7.11 Å². The average molecular weight is 311 g/mol. The summed E-state index contributed by atoms with van der Waals surface area (Å²) < 4.78 is 5.75. The Morgan fingerprint density at radius 3 is 2.71 bits per heavy atom. The first kappa shape index (κ1) is 16.9. The predicted octanol–water partition coefficient (Wildman–Crippen LogP) is 4.43. The van der Waals surface area contributed by atoms with Crippen molar-refractivity contribution in [3.05, 3.63) is 15.6 Å². The molecular weight excluding hydrogens is 280 g/mol. The van der Waals surface area contributed by atoms with Gasteiger partial charge in [-0.05, 0) is 44.6 Å². The Labute approximate surface area is 133 Å². The van der Waals surface area contributed by atoms with E-state index >= 15 is 0 Å². The summed E-state index contributed by atoms with van der Waals surface area (Å²) in [6.07, 6.45) is 4.39. The summed E-state index contributed by atoms with van der Waals surface area (Å²) in [5.74, 6) is 0. The Morgan fingerprint density at radius 1 is 1.43 bits per heavy atom. The van der Waals surface area contributed by atoms with Crippen LogP contribution in [-0.4, -0.2) is 18.6 Å². The van der Waals surface area contributed by atoms with Gasteiger partial charge in [0, 0.05) is 18.0 Å². The number of fused-ring (bicyclic) bond motifs is 1. The maximum atomic E-state index is 5.75. The molecule has 1 heterocycles. The Hall–Kier alpha value is -0.450. The molecule has 0 radical (unpaired) electrons. The van der Waals surface area contributed by atoms with Crippen LogP contribution < -0.4 is 5.32 Å². The van der Waals surface area contributed by atoms with Crippen molar-refractivity contribution in [2.75, 3.05) is 13.7 Å². The third kappa shape index (κ3) is 3.49.